The first-order valence-corrected chi connectivity index (χ1v) is 12.8. The highest BCUT2D eigenvalue weighted by molar-refractivity contribution is 7.99. The van der Waals surface area contributed by atoms with Crippen molar-refractivity contribution in [2.75, 3.05) is 18.2 Å². The third kappa shape index (κ3) is 5.02. The van der Waals surface area contributed by atoms with Crippen LogP contribution in [-0.2, 0) is 22.7 Å². The zero-order valence-electron chi connectivity index (χ0n) is 18.1. The number of benzene rings is 1. The maximum absolute atomic E-state index is 13.0. The Bertz CT molecular complexity index is 750. The molecule has 0 spiro atoms. The third-order valence-electron chi connectivity index (χ3n) is 7.06. The molecule has 6 heteroatoms. The van der Waals surface area contributed by atoms with E-state index in [4.69, 9.17) is 0 Å². The van der Waals surface area contributed by atoms with Crippen molar-refractivity contribution in [3.63, 3.8) is 0 Å². The van der Waals surface area contributed by atoms with E-state index in [0.29, 0.717) is 24.2 Å². The van der Waals surface area contributed by atoms with E-state index in [-0.39, 0.29) is 23.8 Å². The lowest BCUT2D eigenvalue weighted by Crippen LogP contribution is -2.48. The van der Waals surface area contributed by atoms with Crippen molar-refractivity contribution in [2.45, 2.75) is 77.0 Å². The van der Waals surface area contributed by atoms with Gasteiger partial charge in [-0.05, 0) is 50.3 Å². The molecule has 1 aromatic carbocycles. The van der Waals surface area contributed by atoms with Crippen LogP contribution in [0.25, 0.3) is 0 Å². The Morgan fingerprint density at radius 1 is 1.07 bits per heavy atom. The number of amides is 2. The van der Waals surface area contributed by atoms with E-state index >= 15 is 0 Å². The second-order valence-corrected chi connectivity index (χ2v) is 10.1. The molecule has 164 valence electrons. The molecule has 2 unspecified atom stereocenters. The first-order valence-electron chi connectivity index (χ1n) is 11.6. The topological polar surface area (TPSA) is 52.7 Å². The first kappa shape index (κ1) is 21.7. The molecule has 3 aliphatic rings. The highest BCUT2D eigenvalue weighted by Gasteiger charge is 2.38. The average Bonchev–Trinajstić information content (AvgIpc) is 3.46. The molecular formula is C24H35N3O2S. The van der Waals surface area contributed by atoms with Gasteiger partial charge in [-0.25, -0.2) is 0 Å². The molecule has 2 heterocycles. The van der Waals surface area contributed by atoms with Crippen molar-refractivity contribution in [1.82, 2.24) is 15.1 Å². The molecule has 1 N–H and O–H groups in total. The van der Waals surface area contributed by atoms with E-state index in [9.17, 15) is 9.59 Å². The number of carbonyl (C=O) groups is 2. The van der Waals surface area contributed by atoms with Crippen LogP contribution in [0.4, 0.5) is 0 Å². The molecule has 2 amide bonds. The Kier molecular flexibility index (Phi) is 7.37. The zero-order valence-corrected chi connectivity index (χ0v) is 19.0. The molecule has 0 aromatic heterocycles. The number of hydrogen-bond acceptors (Lipinski definition) is 4. The molecule has 1 saturated carbocycles. The summed E-state index contributed by atoms with van der Waals surface area (Å²) in [5, 5.41) is 3.14. The summed E-state index contributed by atoms with van der Waals surface area (Å²) < 4.78 is 0. The highest BCUT2D eigenvalue weighted by Crippen LogP contribution is 2.31. The number of thioether (sulfide) groups is 1. The van der Waals surface area contributed by atoms with Crippen molar-refractivity contribution in [2.24, 2.45) is 5.92 Å². The lowest BCUT2D eigenvalue weighted by molar-refractivity contribution is -0.141. The Balaban J connectivity index is 1.36. The van der Waals surface area contributed by atoms with Crippen molar-refractivity contribution in [3.05, 3.63) is 35.4 Å². The molecule has 1 aromatic rings. The van der Waals surface area contributed by atoms with Crippen molar-refractivity contribution < 1.29 is 9.59 Å². The summed E-state index contributed by atoms with van der Waals surface area (Å²) in [7, 11) is 0. The van der Waals surface area contributed by atoms with Crippen LogP contribution in [0.1, 0.15) is 63.0 Å². The van der Waals surface area contributed by atoms with E-state index in [2.05, 4.69) is 35.3 Å². The quantitative estimate of drug-likeness (QED) is 0.748. The van der Waals surface area contributed by atoms with Gasteiger partial charge in [0, 0.05) is 30.8 Å². The fourth-order valence-corrected chi connectivity index (χ4v) is 6.24. The predicted octanol–water partition coefficient (Wildman–Crippen LogP) is 3.77. The Morgan fingerprint density at radius 2 is 1.80 bits per heavy atom. The second kappa shape index (κ2) is 10.2. The van der Waals surface area contributed by atoms with Gasteiger partial charge in [-0.2, -0.15) is 0 Å². The Labute approximate surface area is 184 Å². The first-order chi connectivity index (χ1) is 14.6. The molecule has 0 bridgehead atoms. The number of hydrogen-bond donors (Lipinski definition) is 1. The number of nitrogens with zero attached hydrogens (tertiary/aromatic N) is 2. The minimum absolute atomic E-state index is 0.00695. The van der Waals surface area contributed by atoms with E-state index in [1.807, 2.05) is 11.0 Å². The molecule has 30 heavy (non-hydrogen) atoms. The fourth-order valence-electron chi connectivity index (χ4n) is 5.08. The fraction of sp³-hybridized carbons (Fsp3) is 0.667. The van der Waals surface area contributed by atoms with E-state index in [1.54, 1.807) is 11.8 Å². The number of carbonyl (C=O) groups excluding carboxylic acids is 2. The van der Waals surface area contributed by atoms with Crippen molar-refractivity contribution >= 4 is 23.6 Å². The summed E-state index contributed by atoms with van der Waals surface area (Å²) in [4.78, 5) is 30.2. The van der Waals surface area contributed by atoms with Crippen LogP contribution in [0, 0.1) is 5.92 Å². The van der Waals surface area contributed by atoms with Gasteiger partial charge in [-0.15, -0.1) is 11.8 Å². The van der Waals surface area contributed by atoms with Gasteiger partial charge in [0.2, 0.25) is 11.8 Å². The summed E-state index contributed by atoms with van der Waals surface area (Å²) in [5.74, 6) is 1.67. The molecule has 1 aliphatic carbocycles. The second-order valence-electron chi connectivity index (χ2n) is 9.11. The van der Waals surface area contributed by atoms with Crippen LogP contribution < -0.4 is 5.32 Å². The molecule has 2 atom stereocenters. The largest absolute Gasteiger partial charge is 0.350 e. The molecule has 5 nitrogen and oxygen atoms in total. The summed E-state index contributed by atoms with van der Waals surface area (Å²) >= 11 is 1.69. The van der Waals surface area contributed by atoms with E-state index in [0.717, 1.165) is 38.8 Å². The lowest BCUT2D eigenvalue weighted by Gasteiger charge is -2.33. The van der Waals surface area contributed by atoms with Gasteiger partial charge in [-0.3, -0.25) is 14.5 Å². The van der Waals surface area contributed by atoms with Crippen LogP contribution in [0.2, 0.25) is 0 Å². The van der Waals surface area contributed by atoms with Gasteiger partial charge in [0.15, 0.2) is 0 Å². The number of piperidine rings is 1. The predicted molar refractivity (Wildman–Crippen MR) is 122 cm³/mol. The van der Waals surface area contributed by atoms with Crippen LogP contribution >= 0.6 is 11.8 Å². The molecule has 2 saturated heterocycles. The maximum atomic E-state index is 13.0. The monoisotopic (exact) mass is 429 g/mol. The zero-order chi connectivity index (χ0) is 20.9. The van der Waals surface area contributed by atoms with Crippen LogP contribution in [-0.4, -0.2) is 51.9 Å². The van der Waals surface area contributed by atoms with Gasteiger partial charge in [0.05, 0.1) is 5.88 Å². The van der Waals surface area contributed by atoms with Crippen molar-refractivity contribution in [3.8, 4) is 0 Å². The standard InChI is InChI=1S/C24H35N3O2S/c1-18-8-6-7-13-26(18)15-21-12-5-4-11-20(21)14-25-23(28)22-16-30-17-27(22)24(29)19-9-2-3-10-19/h4-5,11-12,18-19,22H,2-3,6-10,13-17H2,1H3,(H,25,28). The Morgan fingerprint density at radius 3 is 2.57 bits per heavy atom. The van der Waals surface area contributed by atoms with Crippen LogP contribution in [0.5, 0.6) is 0 Å². The van der Waals surface area contributed by atoms with Gasteiger partial charge in [-0.1, -0.05) is 43.5 Å². The lowest BCUT2D eigenvalue weighted by atomic mass is 10.0. The van der Waals surface area contributed by atoms with Crippen molar-refractivity contribution in [1.29, 1.82) is 0 Å². The summed E-state index contributed by atoms with van der Waals surface area (Å²) in [6.07, 6.45) is 8.11. The van der Waals surface area contributed by atoms with Gasteiger partial charge in [0.1, 0.15) is 6.04 Å². The average molecular weight is 430 g/mol. The maximum Gasteiger partial charge on any atom is 0.243 e. The number of rotatable bonds is 6. The number of likely N-dealkylation sites (tertiary alicyclic amines) is 1. The normalized spacial score (nSPS) is 25.6. The smallest absolute Gasteiger partial charge is 0.243 e. The van der Waals surface area contributed by atoms with E-state index in [1.165, 1.54) is 30.4 Å². The van der Waals surface area contributed by atoms with Gasteiger partial charge in [0.25, 0.3) is 0 Å². The van der Waals surface area contributed by atoms with Crippen LogP contribution in [0.15, 0.2) is 24.3 Å². The molecule has 2 aliphatic heterocycles. The number of nitrogens with one attached hydrogen (secondary N) is 1. The summed E-state index contributed by atoms with van der Waals surface area (Å²) in [6.45, 7) is 4.94. The molecular weight excluding hydrogens is 394 g/mol. The van der Waals surface area contributed by atoms with E-state index < -0.39 is 0 Å². The molecule has 0 radical (unpaired) electrons. The minimum Gasteiger partial charge on any atom is -0.350 e. The Hall–Kier alpha value is -1.53. The minimum atomic E-state index is -0.322. The van der Waals surface area contributed by atoms with Crippen LogP contribution in [0.3, 0.4) is 0 Å². The highest BCUT2D eigenvalue weighted by atomic mass is 32.2. The summed E-state index contributed by atoms with van der Waals surface area (Å²) in [6, 6.07) is 8.74. The summed E-state index contributed by atoms with van der Waals surface area (Å²) in [5.41, 5.74) is 2.48. The molecule has 4 rings (SSSR count). The third-order valence-corrected chi connectivity index (χ3v) is 8.07. The van der Waals surface area contributed by atoms with Gasteiger partial charge < -0.3 is 10.2 Å². The SMILES string of the molecule is CC1CCCCN1Cc1ccccc1CNC(=O)C1CSCN1C(=O)C1CCCC1. The molecule has 3 fully saturated rings. The van der Waals surface area contributed by atoms with Gasteiger partial charge >= 0.3 is 0 Å².